The zero-order valence-corrected chi connectivity index (χ0v) is 5.28. The second-order valence-corrected chi connectivity index (χ2v) is 2.93. The van der Waals surface area contributed by atoms with Crippen molar-refractivity contribution in [2.75, 3.05) is 6.61 Å². The lowest BCUT2D eigenvalue weighted by Gasteiger charge is -1.87. The molecule has 4 nitrogen and oxygen atoms in total. The van der Waals surface area contributed by atoms with Crippen LogP contribution in [-0.2, 0) is 18.8 Å². The number of hydrogen-bond acceptors (Lipinski definition) is 4. The van der Waals surface area contributed by atoms with Crippen LogP contribution in [0.3, 0.4) is 0 Å². The van der Waals surface area contributed by atoms with Crippen molar-refractivity contribution in [3.8, 4) is 0 Å². The Morgan fingerprint density at radius 1 is 1.62 bits per heavy atom. The summed E-state index contributed by atoms with van der Waals surface area (Å²) in [5.41, 5.74) is -0.847. The van der Waals surface area contributed by atoms with Crippen molar-refractivity contribution in [3.63, 3.8) is 0 Å². The van der Waals surface area contributed by atoms with E-state index in [0.29, 0.717) is 0 Å². The molecule has 1 rings (SSSR count). The van der Waals surface area contributed by atoms with Crippen LogP contribution < -0.4 is 0 Å². The molecule has 0 amide bonds. The zero-order valence-electron chi connectivity index (χ0n) is 3.70. The maximum atomic E-state index is 10.1. The lowest BCUT2D eigenvalue weighted by Crippen LogP contribution is -1.99. The van der Waals surface area contributed by atoms with Gasteiger partial charge in [0.25, 0.3) is 0 Å². The Morgan fingerprint density at radius 3 is 2.38 bits per heavy atom. The molecule has 0 aromatic rings. The summed E-state index contributed by atoms with van der Waals surface area (Å²) in [4.78, 5) is 0. The average Bonchev–Trinajstić information content (AvgIpc) is 1.82. The molecule has 0 saturated carbocycles. The second-order valence-electron chi connectivity index (χ2n) is 1.20. The van der Waals surface area contributed by atoms with Gasteiger partial charge >= 0.3 is 10.4 Å². The normalized spacial score (nSPS) is 35.4. The molecule has 1 aliphatic rings. The Bertz CT molecular complexity index is 172. The third kappa shape index (κ3) is 1.32. The van der Waals surface area contributed by atoms with Gasteiger partial charge in [-0.15, -0.1) is 0 Å². The van der Waals surface area contributed by atoms with E-state index in [4.69, 9.17) is 11.6 Å². The summed E-state index contributed by atoms with van der Waals surface area (Å²) in [5.74, 6) is 0. The van der Waals surface area contributed by atoms with E-state index < -0.39 is 16.0 Å². The quantitative estimate of drug-likeness (QED) is 0.460. The van der Waals surface area contributed by atoms with E-state index in [1.165, 1.54) is 0 Å². The summed E-state index contributed by atoms with van der Waals surface area (Å²) in [7, 11) is -3.73. The lowest BCUT2D eigenvalue weighted by atomic mass is 10.8. The Kier molecular flexibility index (Phi) is 1.44. The summed E-state index contributed by atoms with van der Waals surface area (Å²) in [6, 6.07) is 0. The minimum absolute atomic E-state index is 0.0934. The highest BCUT2D eigenvalue weighted by atomic mass is 35.5. The molecule has 0 N–H and O–H groups in total. The first-order valence-corrected chi connectivity index (χ1v) is 3.59. The second kappa shape index (κ2) is 1.84. The van der Waals surface area contributed by atoms with Crippen molar-refractivity contribution in [2.45, 2.75) is 5.56 Å². The number of alkyl halides is 1. The van der Waals surface area contributed by atoms with Crippen LogP contribution in [0.1, 0.15) is 0 Å². The lowest BCUT2D eigenvalue weighted by molar-refractivity contribution is 0.322. The monoisotopic (exact) mass is 158 g/mol. The first-order chi connectivity index (χ1) is 3.60. The fourth-order valence-corrected chi connectivity index (χ4v) is 1.38. The van der Waals surface area contributed by atoms with Gasteiger partial charge in [0.1, 0.15) is 6.61 Å². The minimum Gasteiger partial charge on any atom is -0.244 e. The SMILES string of the molecule is O=S1(=O)OCC(Cl)O1. The van der Waals surface area contributed by atoms with E-state index in [-0.39, 0.29) is 6.61 Å². The molecule has 0 aromatic carbocycles. The van der Waals surface area contributed by atoms with E-state index in [9.17, 15) is 8.42 Å². The Hall–Kier alpha value is 0.160. The van der Waals surface area contributed by atoms with Gasteiger partial charge in [-0.25, -0.2) is 8.37 Å². The predicted molar refractivity (Wildman–Crippen MR) is 25.6 cm³/mol. The van der Waals surface area contributed by atoms with Crippen LogP contribution in [0.15, 0.2) is 0 Å². The van der Waals surface area contributed by atoms with Crippen molar-refractivity contribution < 1.29 is 16.8 Å². The smallest absolute Gasteiger partial charge is 0.244 e. The molecule has 1 aliphatic heterocycles. The van der Waals surface area contributed by atoms with E-state index in [0.717, 1.165) is 0 Å². The standard InChI is InChI=1S/C2H3ClO4S/c3-2-1-6-8(4,5)7-2/h2H,1H2. The first kappa shape index (κ1) is 6.28. The predicted octanol–water partition coefficient (Wildman–Crippen LogP) is -0.157. The van der Waals surface area contributed by atoms with Crippen molar-refractivity contribution in [3.05, 3.63) is 0 Å². The highest BCUT2D eigenvalue weighted by Crippen LogP contribution is 2.14. The molecule has 0 aromatic heterocycles. The van der Waals surface area contributed by atoms with Gasteiger partial charge in [0.05, 0.1) is 0 Å². The third-order valence-electron chi connectivity index (χ3n) is 0.566. The van der Waals surface area contributed by atoms with Gasteiger partial charge in [0.2, 0.25) is 0 Å². The van der Waals surface area contributed by atoms with E-state index >= 15 is 0 Å². The Balaban J connectivity index is 2.71. The van der Waals surface area contributed by atoms with Crippen LogP contribution in [-0.4, -0.2) is 20.6 Å². The van der Waals surface area contributed by atoms with Crippen molar-refractivity contribution >= 4 is 22.0 Å². The Labute approximate surface area is 51.7 Å². The van der Waals surface area contributed by atoms with Gasteiger partial charge in [-0.2, -0.15) is 8.42 Å². The maximum Gasteiger partial charge on any atom is 0.401 e. The van der Waals surface area contributed by atoms with Gasteiger partial charge in [-0.05, 0) is 0 Å². The fourth-order valence-electron chi connectivity index (χ4n) is 0.320. The molecule has 1 saturated heterocycles. The highest BCUT2D eigenvalue weighted by Gasteiger charge is 2.27. The first-order valence-electron chi connectivity index (χ1n) is 1.82. The number of rotatable bonds is 0. The van der Waals surface area contributed by atoms with Gasteiger partial charge in [0.15, 0.2) is 5.56 Å². The van der Waals surface area contributed by atoms with E-state index in [1.807, 2.05) is 0 Å². The number of halogens is 1. The minimum atomic E-state index is -3.73. The molecular formula is C2H3ClO4S. The van der Waals surface area contributed by atoms with E-state index in [2.05, 4.69) is 8.37 Å². The molecule has 1 heterocycles. The van der Waals surface area contributed by atoms with Crippen LogP contribution in [0.2, 0.25) is 0 Å². The van der Waals surface area contributed by atoms with Gasteiger partial charge in [-0.1, -0.05) is 11.6 Å². The molecule has 0 bridgehead atoms. The average molecular weight is 159 g/mol. The molecular weight excluding hydrogens is 156 g/mol. The topological polar surface area (TPSA) is 52.6 Å². The van der Waals surface area contributed by atoms with Crippen molar-refractivity contribution in [1.82, 2.24) is 0 Å². The molecule has 1 unspecified atom stereocenters. The number of hydrogen-bond donors (Lipinski definition) is 0. The van der Waals surface area contributed by atoms with Crippen LogP contribution in [0, 0.1) is 0 Å². The van der Waals surface area contributed by atoms with Crippen molar-refractivity contribution in [2.24, 2.45) is 0 Å². The summed E-state index contributed by atoms with van der Waals surface area (Å²) in [6.45, 7) is -0.0934. The van der Waals surface area contributed by atoms with Crippen LogP contribution in [0.4, 0.5) is 0 Å². The summed E-state index contributed by atoms with van der Waals surface area (Å²) in [5, 5.41) is 0. The van der Waals surface area contributed by atoms with Crippen molar-refractivity contribution in [1.29, 1.82) is 0 Å². The highest BCUT2D eigenvalue weighted by molar-refractivity contribution is 7.82. The summed E-state index contributed by atoms with van der Waals surface area (Å²) in [6.07, 6.45) is 0. The zero-order chi connectivity index (χ0) is 6.20. The molecule has 1 fully saturated rings. The molecule has 6 heteroatoms. The maximum absolute atomic E-state index is 10.1. The molecule has 1 atom stereocenters. The molecule has 0 aliphatic carbocycles. The van der Waals surface area contributed by atoms with E-state index in [1.54, 1.807) is 0 Å². The van der Waals surface area contributed by atoms with Crippen LogP contribution >= 0.6 is 11.6 Å². The van der Waals surface area contributed by atoms with Crippen LogP contribution in [0.5, 0.6) is 0 Å². The van der Waals surface area contributed by atoms with Gasteiger partial charge < -0.3 is 0 Å². The van der Waals surface area contributed by atoms with Crippen LogP contribution in [0.25, 0.3) is 0 Å². The van der Waals surface area contributed by atoms with Gasteiger partial charge in [0, 0.05) is 0 Å². The molecule has 8 heavy (non-hydrogen) atoms. The Morgan fingerprint density at radius 2 is 2.25 bits per heavy atom. The molecule has 0 radical (unpaired) electrons. The molecule has 0 spiro atoms. The largest absolute Gasteiger partial charge is 0.401 e. The summed E-state index contributed by atoms with van der Waals surface area (Å²) < 4.78 is 28.4. The molecule has 48 valence electrons. The fraction of sp³-hybridized carbons (Fsp3) is 1.00. The van der Waals surface area contributed by atoms with Gasteiger partial charge in [-0.3, -0.25) is 0 Å². The summed E-state index contributed by atoms with van der Waals surface area (Å²) >= 11 is 5.17. The third-order valence-corrected chi connectivity index (χ3v) is 1.78.